The zero-order chi connectivity index (χ0) is 16.4. The fourth-order valence-corrected chi connectivity index (χ4v) is 13.2. The summed E-state index contributed by atoms with van der Waals surface area (Å²) >= 11 is 0. The molecule has 116 valence electrons. The lowest BCUT2D eigenvalue weighted by molar-refractivity contribution is 1.51. The number of hydrogen-bond acceptors (Lipinski definition) is 0. The van der Waals surface area contributed by atoms with E-state index in [4.69, 9.17) is 0 Å². The molecular weight excluding hydrogens is 308 g/mol. The smallest absolute Gasteiger partial charge is 0.0627 e. The van der Waals surface area contributed by atoms with Crippen LogP contribution in [0.1, 0.15) is 5.56 Å². The summed E-state index contributed by atoms with van der Waals surface area (Å²) < 4.78 is 0. The van der Waals surface area contributed by atoms with Gasteiger partial charge in [-0.1, -0.05) is 96.7 Å². The average Bonchev–Trinajstić information content (AvgIpc) is 2.57. The number of fused-ring (bicyclic) bond motifs is 1. The van der Waals surface area contributed by atoms with Gasteiger partial charge in [-0.3, -0.25) is 0 Å². The maximum atomic E-state index is 2.54. The Morgan fingerprint density at radius 2 is 1.13 bits per heavy atom. The Hall–Kier alpha value is -1.65. The SMILES string of the molecule is Cc1cccc2c1[Si](C)(C)c1cccc3cccc(c13)[Si]2(C)C. The van der Waals surface area contributed by atoms with Gasteiger partial charge in [0.1, 0.15) is 16.1 Å². The molecule has 0 saturated carbocycles. The molecule has 0 fully saturated rings. The van der Waals surface area contributed by atoms with E-state index >= 15 is 0 Å². The monoisotopic (exact) mass is 332 g/mol. The van der Waals surface area contributed by atoms with Crippen molar-refractivity contribution in [2.24, 2.45) is 0 Å². The lowest BCUT2D eigenvalue weighted by Gasteiger charge is -2.30. The minimum Gasteiger partial charge on any atom is -0.0627 e. The summed E-state index contributed by atoms with van der Waals surface area (Å²) in [7, 11) is -3.41. The van der Waals surface area contributed by atoms with Crippen molar-refractivity contribution in [1.82, 2.24) is 0 Å². The van der Waals surface area contributed by atoms with Gasteiger partial charge in [0.05, 0.1) is 0 Å². The zero-order valence-corrected chi connectivity index (χ0v) is 16.7. The van der Waals surface area contributed by atoms with Crippen LogP contribution in [0.3, 0.4) is 0 Å². The van der Waals surface area contributed by atoms with Crippen LogP contribution in [0.15, 0.2) is 54.6 Å². The van der Waals surface area contributed by atoms with Gasteiger partial charge >= 0.3 is 0 Å². The third-order valence-corrected chi connectivity index (χ3v) is 13.3. The van der Waals surface area contributed by atoms with Gasteiger partial charge in [0.15, 0.2) is 0 Å². The standard InChI is InChI=1S/C21H24Si2/c1-15-9-6-14-19-21(15)23(4,5)18-13-8-11-16-10-7-12-17(20(16)18)22(19,2)3/h6-14H,1-5H3. The van der Waals surface area contributed by atoms with Crippen molar-refractivity contribution in [1.29, 1.82) is 0 Å². The fourth-order valence-electron chi connectivity index (χ4n) is 4.68. The van der Waals surface area contributed by atoms with Gasteiger partial charge < -0.3 is 0 Å². The summed E-state index contributed by atoms with van der Waals surface area (Å²) in [5, 5.41) is 9.60. The summed E-state index contributed by atoms with van der Waals surface area (Å²) in [4.78, 5) is 0. The molecule has 0 amide bonds. The van der Waals surface area contributed by atoms with Gasteiger partial charge in [-0.2, -0.15) is 0 Å². The first-order valence-corrected chi connectivity index (χ1v) is 14.5. The molecule has 0 spiro atoms. The first kappa shape index (κ1) is 14.9. The highest BCUT2D eigenvalue weighted by Gasteiger charge is 2.41. The maximum Gasteiger partial charge on any atom is 0.113 e. The predicted molar refractivity (Wildman–Crippen MR) is 109 cm³/mol. The molecule has 0 aliphatic carbocycles. The second-order valence-electron chi connectivity index (χ2n) is 7.96. The predicted octanol–water partition coefficient (Wildman–Crippen LogP) is 3.11. The number of rotatable bonds is 0. The first-order valence-electron chi connectivity index (χ1n) is 8.48. The molecule has 1 aliphatic heterocycles. The van der Waals surface area contributed by atoms with E-state index < -0.39 is 16.1 Å². The highest BCUT2D eigenvalue weighted by Crippen LogP contribution is 2.22. The maximum absolute atomic E-state index is 2.54. The Labute approximate surface area is 141 Å². The Balaban J connectivity index is 2.29. The van der Waals surface area contributed by atoms with Gasteiger partial charge in [-0.05, 0) is 28.1 Å². The Kier molecular flexibility index (Phi) is 3.04. The summed E-state index contributed by atoms with van der Waals surface area (Å²) in [6.45, 7) is 12.5. The molecule has 2 heteroatoms. The first-order chi connectivity index (χ1) is 10.8. The normalized spacial score (nSPS) is 17.6. The van der Waals surface area contributed by atoms with Gasteiger partial charge in [0, 0.05) is 0 Å². The molecule has 0 bridgehead atoms. The molecule has 0 saturated heterocycles. The van der Waals surface area contributed by atoms with Crippen LogP contribution >= 0.6 is 0 Å². The van der Waals surface area contributed by atoms with Crippen molar-refractivity contribution in [3.63, 3.8) is 0 Å². The third kappa shape index (κ3) is 1.88. The molecule has 0 atom stereocenters. The van der Waals surface area contributed by atoms with Crippen molar-refractivity contribution in [3.8, 4) is 0 Å². The summed E-state index contributed by atoms with van der Waals surface area (Å²) in [5.74, 6) is 0. The van der Waals surface area contributed by atoms with Crippen LogP contribution in [0.25, 0.3) is 10.8 Å². The Morgan fingerprint density at radius 1 is 0.609 bits per heavy atom. The highest BCUT2D eigenvalue weighted by atomic mass is 28.3. The van der Waals surface area contributed by atoms with Crippen LogP contribution < -0.4 is 20.7 Å². The van der Waals surface area contributed by atoms with Crippen molar-refractivity contribution in [3.05, 3.63) is 60.2 Å². The van der Waals surface area contributed by atoms with Crippen molar-refractivity contribution < 1.29 is 0 Å². The molecule has 1 heterocycles. The second kappa shape index (κ2) is 4.68. The van der Waals surface area contributed by atoms with Crippen molar-refractivity contribution in [2.45, 2.75) is 33.1 Å². The molecule has 3 aromatic carbocycles. The quantitative estimate of drug-likeness (QED) is 0.555. The molecule has 0 N–H and O–H groups in total. The van der Waals surface area contributed by atoms with Gasteiger partial charge in [0.2, 0.25) is 0 Å². The molecule has 0 radical (unpaired) electrons. The minimum atomic E-state index is -1.71. The van der Waals surface area contributed by atoms with E-state index in [0.717, 1.165) is 0 Å². The highest BCUT2D eigenvalue weighted by molar-refractivity contribution is 7.12. The molecule has 0 nitrogen and oxygen atoms in total. The number of benzene rings is 3. The van der Waals surface area contributed by atoms with E-state index in [1.165, 1.54) is 10.9 Å². The molecule has 23 heavy (non-hydrogen) atoms. The Bertz CT molecular complexity index is 930. The average molecular weight is 333 g/mol. The van der Waals surface area contributed by atoms with Crippen LogP contribution in [0, 0.1) is 6.92 Å². The zero-order valence-electron chi connectivity index (χ0n) is 14.7. The van der Waals surface area contributed by atoms with Crippen LogP contribution in [-0.2, 0) is 0 Å². The van der Waals surface area contributed by atoms with E-state index in [-0.39, 0.29) is 0 Å². The lowest BCUT2D eigenvalue weighted by atomic mass is 10.1. The van der Waals surface area contributed by atoms with Crippen LogP contribution in [0.5, 0.6) is 0 Å². The van der Waals surface area contributed by atoms with E-state index in [9.17, 15) is 0 Å². The van der Waals surface area contributed by atoms with Gasteiger partial charge in [-0.15, -0.1) is 0 Å². The lowest BCUT2D eigenvalue weighted by Crippen LogP contribution is -2.64. The topological polar surface area (TPSA) is 0 Å². The number of aryl methyl sites for hydroxylation is 1. The van der Waals surface area contributed by atoms with Crippen molar-refractivity contribution >= 4 is 47.7 Å². The molecule has 3 aromatic rings. The van der Waals surface area contributed by atoms with E-state index in [0.29, 0.717) is 0 Å². The van der Waals surface area contributed by atoms with Crippen LogP contribution in [0.4, 0.5) is 0 Å². The van der Waals surface area contributed by atoms with Crippen molar-refractivity contribution in [2.75, 3.05) is 0 Å². The Morgan fingerprint density at radius 3 is 1.78 bits per heavy atom. The van der Waals surface area contributed by atoms with E-state index in [1.807, 2.05) is 0 Å². The molecular formula is C21H24Si2. The minimum absolute atomic E-state index is 1.42. The number of hydrogen-bond donors (Lipinski definition) is 0. The molecule has 0 aromatic heterocycles. The fraction of sp³-hybridized carbons (Fsp3) is 0.238. The van der Waals surface area contributed by atoms with Crippen LogP contribution in [-0.4, -0.2) is 16.1 Å². The summed E-state index contributed by atoms with van der Waals surface area (Å²) in [6, 6.07) is 20.9. The third-order valence-electron chi connectivity index (χ3n) is 5.82. The molecule has 4 rings (SSSR count). The molecule has 0 unspecified atom stereocenters. The summed E-state index contributed by atoms with van der Waals surface area (Å²) in [5.41, 5.74) is 1.49. The molecule has 1 aliphatic rings. The van der Waals surface area contributed by atoms with Gasteiger partial charge in [-0.25, -0.2) is 0 Å². The summed E-state index contributed by atoms with van der Waals surface area (Å²) in [6.07, 6.45) is 0. The van der Waals surface area contributed by atoms with Crippen LogP contribution in [0.2, 0.25) is 26.2 Å². The second-order valence-corrected chi connectivity index (χ2v) is 16.6. The van der Waals surface area contributed by atoms with E-state index in [1.54, 1.807) is 26.1 Å². The van der Waals surface area contributed by atoms with E-state index in [2.05, 4.69) is 87.7 Å². The van der Waals surface area contributed by atoms with Gasteiger partial charge in [0.25, 0.3) is 0 Å². The largest absolute Gasteiger partial charge is 0.113 e.